The van der Waals surface area contributed by atoms with Crippen LogP contribution in [0.15, 0.2) is 21.5 Å². The molecule has 7 heteroatoms. The zero-order chi connectivity index (χ0) is 16.4. The van der Waals surface area contributed by atoms with Gasteiger partial charge in [0.05, 0.1) is 4.90 Å². The van der Waals surface area contributed by atoms with Crippen molar-refractivity contribution < 1.29 is 13.2 Å². The van der Waals surface area contributed by atoms with Gasteiger partial charge in [-0.2, -0.15) is 0 Å². The first-order valence-electron chi connectivity index (χ1n) is 6.63. The van der Waals surface area contributed by atoms with Crippen molar-refractivity contribution in [3.63, 3.8) is 0 Å². The Morgan fingerprint density at radius 1 is 1.38 bits per heavy atom. The molecule has 1 rings (SSSR count). The first kappa shape index (κ1) is 18.5. The van der Waals surface area contributed by atoms with E-state index < -0.39 is 9.05 Å². The average molecular weight is 397 g/mol. The zero-order valence-corrected chi connectivity index (χ0v) is 15.6. The maximum absolute atomic E-state index is 12.3. The molecule has 0 bridgehead atoms. The Hall–Kier alpha value is -0.590. The van der Waals surface area contributed by atoms with Crippen LogP contribution in [-0.2, 0) is 9.05 Å². The number of carbonyl (C=O) groups is 1. The number of nitrogens with one attached hydrogen (secondary N) is 1. The molecule has 1 N–H and O–H groups in total. The normalized spacial score (nSPS) is 13.3. The second-order valence-corrected chi connectivity index (χ2v) is 8.64. The molecule has 0 aliphatic rings. The highest BCUT2D eigenvalue weighted by atomic mass is 79.9. The number of carbonyl (C=O) groups excluding carboxylic acids is 1. The molecule has 0 saturated heterocycles. The summed E-state index contributed by atoms with van der Waals surface area (Å²) in [6.45, 7) is 7.66. The van der Waals surface area contributed by atoms with Crippen LogP contribution in [0.3, 0.4) is 0 Å². The van der Waals surface area contributed by atoms with Crippen molar-refractivity contribution in [2.75, 3.05) is 0 Å². The Morgan fingerprint density at radius 2 is 1.95 bits per heavy atom. The Morgan fingerprint density at radius 3 is 2.38 bits per heavy atom. The number of hydrogen-bond donors (Lipinski definition) is 1. The van der Waals surface area contributed by atoms with Crippen LogP contribution < -0.4 is 5.32 Å². The summed E-state index contributed by atoms with van der Waals surface area (Å²) in [7, 11) is 1.52. The smallest absolute Gasteiger partial charge is 0.261 e. The summed E-state index contributed by atoms with van der Waals surface area (Å²) < 4.78 is 23.7. The van der Waals surface area contributed by atoms with Gasteiger partial charge in [-0.3, -0.25) is 4.79 Å². The molecule has 1 aromatic rings. The second kappa shape index (κ2) is 7.11. The third-order valence-electron chi connectivity index (χ3n) is 3.38. The minimum atomic E-state index is -3.90. The zero-order valence-electron chi connectivity index (χ0n) is 12.4. The van der Waals surface area contributed by atoms with E-state index in [1.807, 2.05) is 20.8 Å². The Balaban J connectivity index is 3.20. The van der Waals surface area contributed by atoms with Crippen molar-refractivity contribution >= 4 is 41.6 Å². The fraction of sp³-hybridized carbons (Fsp3) is 0.500. The fourth-order valence-corrected chi connectivity index (χ4v) is 3.85. The van der Waals surface area contributed by atoms with Gasteiger partial charge >= 0.3 is 0 Å². The van der Waals surface area contributed by atoms with Crippen LogP contribution >= 0.6 is 26.6 Å². The van der Waals surface area contributed by atoms with Crippen LogP contribution in [-0.4, -0.2) is 20.4 Å². The molecule has 1 unspecified atom stereocenters. The lowest BCUT2D eigenvalue weighted by atomic mass is 10.0. The van der Waals surface area contributed by atoms with Gasteiger partial charge in [-0.05, 0) is 37.0 Å². The topological polar surface area (TPSA) is 63.2 Å². The van der Waals surface area contributed by atoms with Crippen LogP contribution in [0.25, 0.3) is 0 Å². The van der Waals surface area contributed by atoms with E-state index in [9.17, 15) is 13.2 Å². The average Bonchev–Trinajstić information content (AvgIpc) is 2.36. The fourth-order valence-electron chi connectivity index (χ4n) is 2.03. The summed E-state index contributed by atoms with van der Waals surface area (Å²) in [5.74, 6) is -0.0121. The van der Waals surface area contributed by atoms with Gasteiger partial charge < -0.3 is 5.32 Å². The minimum absolute atomic E-state index is 0.0358. The van der Waals surface area contributed by atoms with Crippen LogP contribution in [0.5, 0.6) is 0 Å². The van der Waals surface area contributed by atoms with Gasteiger partial charge in [0.1, 0.15) is 0 Å². The molecule has 0 fully saturated rings. The van der Waals surface area contributed by atoms with Gasteiger partial charge in [-0.1, -0.05) is 36.7 Å². The van der Waals surface area contributed by atoms with E-state index in [2.05, 4.69) is 21.2 Å². The molecule has 0 spiro atoms. The molecule has 0 radical (unpaired) electrons. The molecule has 0 aromatic heterocycles. The molecular formula is C14H19BrClNO3S. The monoisotopic (exact) mass is 395 g/mol. The van der Waals surface area contributed by atoms with Gasteiger partial charge in [0.15, 0.2) is 0 Å². The molecular weight excluding hydrogens is 378 g/mol. The number of hydrogen-bond acceptors (Lipinski definition) is 3. The largest absolute Gasteiger partial charge is 0.349 e. The van der Waals surface area contributed by atoms with Crippen LogP contribution in [0.4, 0.5) is 0 Å². The lowest BCUT2D eigenvalue weighted by Gasteiger charge is -2.21. The van der Waals surface area contributed by atoms with E-state index in [1.165, 1.54) is 6.07 Å². The van der Waals surface area contributed by atoms with E-state index in [0.717, 1.165) is 6.42 Å². The van der Waals surface area contributed by atoms with Crippen molar-refractivity contribution in [3.05, 3.63) is 27.7 Å². The van der Waals surface area contributed by atoms with Crippen molar-refractivity contribution in [2.24, 2.45) is 5.92 Å². The third kappa shape index (κ3) is 4.69. The predicted octanol–water partition coefficient (Wildman–Crippen LogP) is 3.85. The van der Waals surface area contributed by atoms with Crippen LogP contribution in [0, 0.1) is 12.8 Å². The maximum atomic E-state index is 12.3. The first-order chi connectivity index (χ1) is 9.57. The minimum Gasteiger partial charge on any atom is -0.349 e. The lowest BCUT2D eigenvalue weighted by molar-refractivity contribution is 0.0924. The molecule has 1 atom stereocenters. The summed E-state index contributed by atoms with van der Waals surface area (Å²) in [5.41, 5.74) is 0.753. The molecule has 0 saturated carbocycles. The predicted molar refractivity (Wildman–Crippen MR) is 88.3 cm³/mol. The summed E-state index contributed by atoms with van der Waals surface area (Å²) in [6.07, 6.45) is 0.803. The number of halogens is 2. The number of rotatable bonds is 5. The molecule has 1 amide bonds. The number of amides is 1. The molecule has 0 aliphatic heterocycles. The van der Waals surface area contributed by atoms with Gasteiger partial charge in [0, 0.05) is 26.8 Å². The van der Waals surface area contributed by atoms with Crippen LogP contribution in [0.2, 0.25) is 0 Å². The summed E-state index contributed by atoms with van der Waals surface area (Å²) >= 11 is 3.27. The van der Waals surface area contributed by atoms with Crippen LogP contribution in [0.1, 0.15) is 43.1 Å². The third-order valence-corrected chi connectivity index (χ3v) is 5.65. The second-order valence-electron chi connectivity index (χ2n) is 5.25. The quantitative estimate of drug-likeness (QED) is 0.769. The molecule has 0 aliphatic carbocycles. The molecule has 1 aromatic carbocycles. The molecule has 118 valence electrons. The Labute approximate surface area is 138 Å². The van der Waals surface area contributed by atoms with Crippen molar-refractivity contribution in [1.29, 1.82) is 0 Å². The lowest BCUT2D eigenvalue weighted by Crippen LogP contribution is -2.38. The van der Waals surface area contributed by atoms with E-state index >= 15 is 0 Å². The van der Waals surface area contributed by atoms with Gasteiger partial charge in [-0.25, -0.2) is 8.42 Å². The van der Waals surface area contributed by atoms with E-state index in [4.69, 9.17) is 10.7 Å². The first-order valence-corrected chi connectivity index (χ1v) is 9.73. The highest BCUT2D eigenvalue weighted by Gasteiger charge is 2.21. The summed E-state index contributed by atoms with van der Waals surface area (Å²) in [6, 6.07) is 2.95. The summed E-state index contributed by atoms with van der Waals surface area (Å²) in [4.78, 5) is 12.2. The Bertz CT molecular complexity index is 644. The Kier molecular flexibility index (Phi) is 6.25. The van der Waals surface area contributed by atoms with E-state index in [0.29, 0.717) is 16.0 Å². The van der Waals surface area contributed by atoms with Gasteiger partial charge in [-0.15, -0.1) is 0 Å². The molecule has 0 heterocycles. The highest BCUT2D eigenvalue weighted by molar-refractivity contribution is 9.10. The van der Waals surface area contributed by atoms with Crippen molar-refractivity contribution in [2.45, 2.75) is 45.1 Å². The number of benzene rings is 1. The van der Waals surface area contributed by atoms with Gasteiger partial charge in [0.2, 0.25) is 0 Å². The van der Waals surface area contributed by atoms with Crippen molar-refractivity contribution in [1.82, 2.24) is 5.32 Å². The van der Waals surface area contributed by atoms with Gasteiger partial charge in [0.25, 0.3) is 15.0 Å². The molecule has 4 nitrogen and oxygen atoms in total. The maximum Gasteiger partial charge on any atom is 0.261 e. The van der Waals surface area contributed by atoms with E-state index in [-0.39, 0.29) is 22.4 Å². The molecule has 21 heavy (non-hydrogen) atoms. The van der Waals surface area contributed by atoms with E-state index in [1.54, 1.807) is 13.0 Å². The highest BCUT2D eigenvalue weighted by Crippen LogP contribution is 2.28. The SMILES string of the molecule is CCC(NC(=O)c1cc(Br)c(C)c(S(=O)(=O)Cl)c1)C(C)C. The standard InChI is InChI=1S/C14H19BrClNO3S/c1-5-12(8(2)3)17-14(18)10-6-11(15)9(4)13(7-10)21(16,19)20/h6-8,12H,5H2,1-4H3,(H,17,18). The van der Waals surface area contributed by atoms with Crippen molar-refractivity contribution in [3.8, 4) is 0 Å². The summed E-state index contributed by atoms with van der Waals surface area (Å²) in [5, 5.41) is 2.91.